The molecule has 0 spiro atoms. The van der Waals surface area contributed by atoms with Crippen molar-refractivity contribution in [1.82, 2.24) is 5.32 Å². The Balaban J connectivity index is 2.69. The zero-order valence-corrected chi connectivity index (χ0v) is 10.4. The van der Waals surface area contributed by atoms with Crippen LogP contribution in [0.3, 0.4) is 0 Å². The molecule has 0 fully saturated rings. The van der Waals surface area contributed by atoms with Crippen LogP contribution in [0.15, 0.2) is 24.3 Å². The lowest BCUT2D eigenvalue weighted by Gasteiger charge is -2.20. The quantitative estimate of drug-likeness (QED) is 0.637. The molecule has 0 aliphatic rings. The van der Waals surface area contributed by atoms with Crippen LogP contribution in [0.4, 0.5) is 0 Å². The second-order valence-corrected chi connectivity index (χ2v) is 5.09. The first-order valence-corrected chi connectivity index (χ1v) is 5.54. The molecule has 92 valence electrons. The lowest BCUT2D eigenvalue weighted by molar-refractivity contribution is -0.121. The van der Waals surface area contributed by atoms with Crippen LogP contribution in [0.5, 0.6) is 0 Å². The molecule has 0 aromatic heterocycles. The summed E-state index contributed by atoms with van der Waals surface area (Å²) >= 11 is 0. The number of carbonyl (C=O) groups excluding carboxylic acids is 1. The Kier molecular flexibility index (Phi) is 4.31. The van der Waals surface area contributed by atoms with Gasteiger partial charge in [-0.05, 0) is 31.8 Å². The van der Waals surface area contributed by atoms with Crippen LogP contribution in [0.1, 0.15) is 26.3 Å². The van der Waals surface area contributed by atoms with Gasteiger partial charge in [0.15, 0.2) is 0 Å². The van der Waals surface area contributed by atoms with Crippen LogP contribution in [0.2, 0.25) is 0 Å². The van der Waals surface area contributed by atoms with Crippen LogP contribution < -0.4 is 10.8 Å². The van der Waals surface area contributed by atoms with Crippen molar-refractivity contribution < 1.29 is 14.8 Å². The minimum absolute atomic E-state index is 0.0814. The number of rotatable bonds is 3. The van der Waals surface area contributed by atoms with Crippen LogP contribution in [-0.2, 0) is 11.2 Å². The Hall–Kier alpha value is -1.33. The highest BCUT2D eigenvalue weighted by atomic mass is 16.4. The highest BCUT2D eigenvalue weighted by molar-refractivity contribution is 6.58. The van der Waals surface area contributed by atoms with E-state index in [4.69, 9.17) is 10.0 Å². The number of carbonyl (C=O) groups is 1. The van der Waals surface area contributed by atoms with Crippen molar-refractivity contribution in [2.24, 2.45) is 0 Å². The van der Waals surface area contributed by atoms with Crippen LogP contribution in [-0.4, -0.2) is 28.6 Å². The third-order valence-corrected chi connectivity index (χ3v) is 2.13. The largest absolute Gasteiger partial charge is 0.488 e. The molecule has 1 amide bonds. The first-order chi connectivity index (χ1) is 7.78. The van der Waals surface area contributed by atoms with Crippen LogP contribution in [0, 0.1) is 0 Å². The van der Waals surface area contributed by atoms with Gasteiger partial charge in [-0.3, -0.25) is 4.79 Å². The van der Waals surface area contributed by atoms with Gasteiger partial charge in [0.05, 0.1) is 6.42 Å². The Morgan fingerprint density at radius 2 is 2.00 bits per heavy atom. The molecule has 4 nitrogen and oxygen atoms in total. The smallest absolute Gasteiger partial charge is 0.423 e. The highest BCUT2D eigenvalue weighted by Gasteiger charge is 2.15. The minimum atomic E-state index is -1.50. The molecule has 3 N–H and O–H groups in total. The van der Waals surface area contributed by atoms with Gasteiger partial charge in [-0.2, -0.15) is 0 Å². The fraction of sp³-hybridized carbons (Fsp3) is 0.417. The van der Waals surface area contributed by atoms with Crippen molar-refractivity contribution in [2.75, 3.05) is 0 Å². The molecule has 1 rings (SSSR count). The molecule has 0 aliphatic carbocycles. The molecule has 1 aromatic carbocycles. The lowest BCUT2D eigenvalue weighted by atomic mass is 9.79. The van der Waals surface area contributed by atoms with Gasteiger partial charge in [-0.25, -0.2) is 0 Å². The van der Waals surface area contributed by atoms with E-state index in [2.05, 4.69) is 5.32 Å². The van der Waals surface area contributed by atoms with E-state index in [0.29, 0.717) is 5.46 Å². The summed E-state index contributed by atoms with van der Waals surface area (Å²) in [7, 11) is -1.50. The van der Waals surface area contributed by atoms with Crippen molar-refractivity contribution in [3.05, 3.63) is 29.8 Å². The number of amides is 1. The normalized spacial score (nSPS) is 11.1. The summed E-state index contributed by atoms with van der Waals surface area (Å²) in [6.45, 7) is 5.75. The fourth-order valence-corrected chi connectivity index (χ4v) is 1.51. The molecule has 0 bridgehead atoms. The Bertz CT molecular complexity index is 399. The topological polar surface area (TPSA) is 69.6 Å². The SMILES string of the molecule is CC(C)(C)NC(=O)Cc1cccc(B(O)O)c1. The summed E-state index contributed by atoms with van der Waals surface area (Å²) in [5.74, 6) is -0.0814. The van der Waals surface area contributed by atoms with E-state index in [1.165, 1.54) is 0 Å². The van der Waals surface area contributed by atoms with E-state index in [1.54, 1.807) is 24.3 Å². The van der Waals surface area contributed by atoms with Crippen molar-refractivity contribution >= 4 is 18.5 Å². The first-order valence-electron chi connectivity index (χ1n) is 5.54. The predicted molar refractivity (Wildman–Crippen MR) is 67.9 cm³/mol. The summed E-state index contributed by atoms with van der Waals surface area (Å²) in [5, 5.41) is 20.9. The molecule has 0 saturated heterocycles. The number of benzene rings is 1. The van der Waals surface area contributed by atoms with Crippen molar-refractivity contribution in [3.8, 4) is 0 Å². The zero-order chi connectivity index (χ0) is 13.1. The summed E-state index contributed by atoms with van der Waals surface area (Å²) < 4.78 is 0. The molecule has 17 heavy (non-hydrogen) atoms. The van der Waals surface area contributed by atoms with Crippen LogP contribution >= 0.6 is 0 Å². The Labute approximate surface area is 102 Å². The Morgan fingerprint density at radius 3 is 2.53 bits per heavy atom. The van der Waals surface area contributed by atoms with Gasteiger partial charge < -0.3 is 15.4 Å². The molecular weight excluding hydrogens is 217 g/mol. The lowest BCUT2D eigenvalue weighted by Crippen LogP contribution is -2.41. The van der Waals surface area contributed by atoms with E-state index in [1.807, 2.05) is 20.8 Å². The van der Waals surface area contributed by atoms with Gasteiger partial charge in [-0.15, -0.1) is 0 Å². The fourth-order valence-electron chi connectivity index (χ4n) is 1.51. The van der Waals surface area contributed by atoms with Gasteiger partial charge in [-0.1, -0.05) is 24.3 Å². The number of nitrogens with one attached hydrogen (secondary N) is 1. The van der Waals surface area contributed by atoms with Gasteiger partial charge in [0.1, 0.15) is 0 Å². The van der Waals surface area contributed by atoms with E-state index in [9.17, 15) is 4.79 Å². The molecule has 0 saturated carbocycles. The summed E-state index contributed by atoms with van der Waals surface area (Å²) in [6, 6.07) is 6.71. The monoisotopic (exact) mass is 235 g/mol. The van der Waals surface area contributed by atoms with Gasteiger partial charge in [0, 0.05) is 5.54 Å². The molecular formula is C12H18BNO3. The summed E-state index contributed by atoms with van der Waals surface area (Å²) in [4.78, 5) is 11.7. The molecule has 0 unspecified atom stereocenters. The molecule has 0 radical (unpaired) electrons. The van der Waals surface area contributed by atoms with Gasteiger partial charge in [0.25, 0.3) is 0 Å². The Morgan fingerprint density at radius 1 is 1.35 bits per heavy atom. The van der Waals surface area contributed by atoms with Gasteiger partial charge in [0.2, 0.25) is 5.91 Å². The van der Waals surface area contributed by atoms with Crippen molar-refractivity contribution in [3.63, 3.8) is 0 Å². The number of hydrogen-bond acceptors (Lipinski definition) is 3. The zero-order valence-electron chi connectivity index (χ0n) is 10.4. The van der Waals surface area contributed by atoms with E-state index in [0.717, 1.165) is 5.56 Å². The summed E-state index contributed by atoms with van der Waals surface area (Å²) in [5.41, 5.74) is 0.897. The van der Waals surface area contributed by atoms with E-state index >= 15 is 0 Å². The van der Waals surface area contributed by atoms with E-state index < -0.39 is 7.12 Å². The average Bonchev–Trinajstić information content (AvgIpc) is 2.14. The maximum atomic E-state index is 11.7. The second-order valence-electron chi connectivity index (χ2n) is 5.09. The number of hydrogen-bond donors (Lipinski definition) is 3. The molecule has 0 heterocycles. The minimum Gasteiger partial charge on any atom is -0.423 e. The first kappa shape index (κ1) is 13.7. The third-order valence-electron chi connectivity index (χ3n) is 2.13. The van der Waals surface area contributed by atoms with E-state index in [-0.39, 0.29) is 17.9 Å². The molecule has 5 heteroatoms. The maximum Gasteiger partial charge on any atom is 0.488 e. The summed E-state index contributed by atoms with van der Waals surface area (Å²) in [6.07, 6.45) is 0.234. The second kappa shape index (κ2) is 5.34. The molecule has 1 aromatic rings. The molecule has 0 aliphatic heterocycles. The van der Waals surface area contributed by atoms with Crippen molar-refractivity contribution in [1.29, 1.82) is 0 Å². The maximum absolute atomic E-state index is 11.7. The highest BCUT2D eigenvalue weighted by Crippen LogP contribution is 2.02. The molecule has 0 atom stereocenters. The van der Waals surface area contributed by atoms with Crippen LogP contribution in [0.25, 0.3) is 0 Å². The van der Waals surface area contributed by atoms with Crippen molar-refractivity contribution in [2.45, 2.75) is 32.7 Å². The third kappa shape index (κ3) is 5.02. The predicted octanol–water partition coefficient (Wildman–Crippen LogP) is -0.176. The average molecular weight is 235 g/mol. The standard InChI is InChI=1S/C12H18BNO3/c1-12(2,3)14-11(15)8-9-5-4-6-10(7-9)13(16)17/h4-7,16-17H,8H2,1-3H3,(H,14,15). The van der Waals surface area contributed by atoms with Gasteiger partial charge >= 0.3 is 7.12 Å².